The van der Waals surface area contributed by atoms with Crippen molar-refractivity contribution in [3.8, 4) is 17.0 Å². The number of H-pyrrole nitrogens is 1. The van der Waals surface area contributed by atoms with Crippen molar-refractivity contribution >= 4 is 23.2 Å². The van der Waals surface area contributed by atoms with Crippen LogP contribution in [0.1, 0.15) is 27.4 Å². The van der Waals surface area contributed by atoms with E-state index in [0.717, 1.165) is 5.56 Å². The molecule has 2 aromatic heterocycles. The molecule has 0 aliphatic heterocycles. The smallest absolute Gasteiger partial charge is 0.273 e. The summed E-state index contributed by atoms with van der Waals surface area (Å²) in [6.07, 6.45) is 0. The molecule has 0 fully saturated rings. The fraction of sp³-hybridized carbons (Fsp3) is 0.174. The highest BCUT2D eigenvalue weighted by molar-refractivity contribution is 6.31. The predicted octanol–water partition coefficient (Wildman–Crippen LogP) is 4.99. The van der Waals surface area contributed by atoms with Gasteiger partial charge in [-0.25, -0.2) is 4.39 Å². The van der Waals surface area contributed by atoms with Gasteiger partial charge < -0.3 is 10.1 Å². The van der Waals surface area contributed by atoms with Crippen molar-refractivity contribution in [3.63, 3.8) is 0 Å². The Kier molecular flexibility index (Phi) is 5.96. The molecule has 0 aliphatic carbocycles. The number of benzene rings is 2. The summed E-state index contributed by atoms with van der Waals surface area (Å²) in [7, 11) is 1.59. The number of hydrogen-bond acceptors (Lipinski definition) is 4. The number of nitrogens with zero attached hydrogens (tertiary/aromatic N) is 3. The second kappa shape index (κ2) is 8.84. The molecule has 0 saturated heterocycles. The van der Waals surface area contributed by atoms with Gasteiger partial charge in [0, 0.05) is 16.1 Å². The summed E-state index contributed by atoms with van der Waals surface area (Å²) in [6.45, 7) is 3.73. The lowest BCUT2D eigenvalue weighted by Crippen LogP contribution is -2.14. The molecule has 0 radical (unpaired) electrons. The average molecular weight is 454 g/mol. The van der Waals surface area contributed by atoms with Crippen molar-refractivity contribution in [2.75, 3.05) is 12.4 Å². The summed E-state index contributed by atoms with van der Waals surface area (Å²) < 4.78 is 21.0. The van der Waals surface area contributed by atoms with Gasteiger partial charge in [-0.2, -0.15) is 10.2 Å². The van der Waals surface area contributed by atoms with E-state index in [-0.39, 0.29) is 12.5 Å². The number of carbonyl (C=O) groups is 1. The predicted molar refractivity (Wildman–Crippen MR) is 121 cm³/mol. The highest BCUT2D eigenvalue weighted by Crippen LogP contribution is 2.26. The van der Waals surface area contributed by atoms with Crippen LogP contribution in [0.15, 0.2) is 48.5 Å². The Labute approximate surface area is 189 Å². The number of carbonyl (C=O) groups excluding carboxylic acids is 1. The van der Waals surface area contributed by atoms with Gasteiger partial charge in [0.15, 0.2) is 0 Å². The second-order valence-corrected chi connectivity index (χ2v) is 7.66. The Morgan fingerprint density at radius 2 is 2.00 bits per heavy atom. The first-order valence-corrected chi connectivity index (χ1v) is 10.2. The van der Waals surface area contributed by atoms with Gasteiger partial charge in [-0.3, -0.25) is 14.6 Å². The third-order valence-electron chi connectivity index (χ3n) is 5.18. The van der Waals surface area contributed by atoms with Crippen molar-refractivity contribution in [2.24, 2.45) is 0 Å². The molecular formula is C23H21ClFN5O2. The van der Waals surface area contributed by atoms with Crippen LogP contribution in [0.2, 0.25) is 5.02 Å². The molecule has 2 aromatic carbocycles. The van der Waals surface area contributed by atoms with E-state index < -0.39 is 5.82 Å². The number of halogens is 2. The van der Waals surface area contributed by atoms with Crippen LogP contribution in [0.4, 0.5) is 10.1 Å². The molecule has 0 unspecified atom stereocenters. The van der Waals surface area contributed by atoms with Crippen molar-refractivity contribution in [1.82, 2.24) is 20.0 Å². The molecule has 0 bridgehead atoms. The van der Waals surface area contributed by atoms with Crippen LogP contribution in [-0.2, 0) is 6.54 Å². The standard InChI is InChI=1S/C23H21ClFN5O2/c1-13-22(14(2)30(29-13)12-17-18(24)8-5-9-19(17)25)26-23(31)21-11-20(27-28-21)15-6-4-7-16(10-15)32-3/h4-11H,12H2,1-3H3,(H,26,31)(H,27,28). The number of aryl methyl sites for hydroxylation is 1. The maximum Gasteiger partial charge on any atom is 0.273 e. The quantitative estimate of drug-likeness (QED) is 0.430. The minimum Gasteiger partial charge on any atom is -0.497 e. The molecule has 0 atom stereocenters. The number of rotatable bonds is 6. The monoisotopic (exact) mass is 453 g/mol. The van der Waals surface area contributed by atoms with E-state index in [4.69, 9.17) is 16.3 Å². The summed E-state index contributed by atoms with van der Waals surface area (Å²) in [5.41, 5.74) is 3.92. The van der Waals surface area contributed by atoms with Gasteiger partial charge in [0.25, 0.3) is 5.91 Å². The zero-order valence-corrected chi connectivity index (χ0v) is 18.5. The fourth-order valence-electron chi connectivity index (χ4n) is 3.41. The Balaban J connectivity index is 1.55. The van der Waals surface area contributed by atoms with E-state index in [1.165, 1.54) is 6.07 Å². The topological polar surface area (TPSA) is 84.8 Å². The van der Waals surface area contributed by atoms with Gasteiger partial charge in [0.2, 0.25) is 0 Å². The molecule has 0 saturated carbocycles. The molecule has 32 heavy (non-hydrogen) atoms. The lowest BCUT2D eigenvalue weighted by Gasteiger charge is -2.09. The van der Waals surface area contributed by atoms with Gasteiger partial charge in [0.05, 0.1) is 36.4 Å². The molecule has 0 aliphatic rings. The molecule has 4 rings (SSSR count). The Hall–Kier alpha value is -3.65. The molecule has 9 heteroatoms. The molecular weight excluding hydrogens is 433 g/mol. The molecule has 2 N–H and O–H groups in total. The Morgan fingerprint density at radius 1 is 1.22 bits per heavy atom. The zero-order valence-electron chi connectivity index (χ0n) is 17.7. The van der Waals surface area contributed by atoms with E-state index in [2.05, 4.69) is 20.6 Å². The molecule has 0 spiro atoms. The highest BCUT2D eigenvalue weighted by atomic mass is 35.5. The fourth-order valence-corrected chi connectivity index (χ4v) is 3.64. The highest BCUT2D eigenvalue weighted by Gasteiger charge is 2.19. The SMILES string of the molecule is COc1cccc(-c2cc(C(=O)Nc3c(C)nn(Cc4c(F)cccc4Cl)c3C)[nH]n2)c1. The maximum absolute atomic E-state index is 14.2. The Morgan fingerprint density at radius 3 is 2.75 bits per heavy atom. The lowest BCUT2D eigenvalue weighted by molar-refractivity contribution is 0.102. The molecule has 164 valence electrons. The van der Waals surface area contributed by atoms with Crippen molar-refractivity contribution in [1.29, 1.82) is 0 Å². The van der Waals surface area contributed by atoms with Gasteiger partial charge in [-0.05, 0) is 44.2 Å². The van der Waals surface area contributed by atoms with Crippen molar-refractivity contribution in [3.05, 3.63) is 82.0 Å². The van der Waals surface area contributed by atoms with Gasteiger partial charge in [-0.15, -0.1) is 0 Å². The number of ether oxygens (including phenoxy) is 1. The number of aromatic amines is 1. The largest absolute Gasteiger partial charge is 0.497 e. The van der Waals surface area contributed by atoms with Gasteiger partial charge >= 0.3 is 0 Å². The van der Waals surface area contributed by atoms with Crippen LogP contribution in [0.5, 0.6) is 5.75 Å². The number of amides is 1. The van der Waals surface area contributed by atoms with E-state index in [1.807, 2.05) is 24.3 Å². The van der Waals surface area contributed by atoms with Crippen LogP contribution in [0.25, 0.3) is 11.3 Å². The summed E-state index contributed by atoms with van der Waals surface area (Å²) >= 11 is 6.14. The molecule has 2 heterocycles. The minimum atomic E-state index is -0.404. The number of methoxy groups -OCH3 is 1. The molecule has 7 nitrogen and oxygen atoms in total. The summed E-state index contributed by atoms with van der Waals surface area (Å²) in [4.78, 5) is 12.8. The van der Waals surface area contributed by atoms with Crippen LogP contribution in [0.3, 0.4) is 0 Å². The van der Waals surface area contributed by atoms with Crippen LogP contribution < -0.4 is 10.1 Å². The van der Waals surface area contributed by atoms with Crippen LogP contribution in [0, 0.1) is 19.7 Å². The molecule has 1 amide bonds. The average Bonchev–Trinajstić information content (AvgIpc) is 3.38. The third-order valence-corrected chi connectivity index (χ3v) is 5.53. The number of aromatic nitrogens is 4. The summed E-state index contributed by atoms with van der Waals surface area (Å²) in [6, 6.07) is 13.6. The Bertz CT molecular complexity index is 1280. The van der Waals surface area contributed by atoms with E-state index in [1.54, 1.807) is 43.8 Å². The summed E-state index contributed by atoms with van der Waals surface area (Å²) in [5.74, 6) is -0.0652. The van der Waals surface area contributed by atoms with E-state index in [0.29, 0.717) is 44.8 Å². The van der Waals surface area contributed by atoms with Gasteiger partial charge in [-0.1, -0.05) is 29.8 Å². The number of nitrogens with one attached hydrogen (secondary N) is 2. The van der Waals surface area contributed by atoms with Crippen LogP contribution in [-0.4, -0.2) is 33.0 Å². The normalized spacial score (nSPS) is 10.9. The van der Waals surface area contributed by atoms with Crippen molar-refractivity contribution < 1.29 is 13.9 Å². The third kappa shape index (κ3) is 4.22. The van der Waals surface area contributed by atoms with Gasteiger partial charge in [0.1, 0.15) is 17.3 Å². The number of hydrogen-bond donors (Lipinski definition) is 2. The number of anilines is 1. The first-order chi connectivity index (χ1) is 15.4. The first-order valence-electron chi connectivity index (χ1n) is 9.85. The second-order valence-electron chi connectivity index (χ2n) is 7.26. The van der Waals surface area contributed by atoms with E-state index in [9.17, 15) is 9.18 Å². The first kappa shape index (κ1) is 21.6. The molecule has 4 aromatic rings. The van der Waals surface area contributed by atoms with Crippen molar-refractivity contribution in [2.45, 2.75) is 20.4 Å². The summed E-state index contributed by atoms with van der Waals surface area (Å²) in [5, 5.41) is 14.6. The minimum absolute atomic E-state index is 0.151. The van der Waals surface area contributed by atoms with E-state index >= 15 is 0 Å². The lowest BCUT2D eigenvalue weighted by atomic mass is 10.1. The maximum atomic E-state index is 14.2. The van der Waals surface area contributed by atoms with Crippen LogP contribution >= 0.6 is 11.6 Å². The zero-order chi connectivity index (χ0) is 22.8.